The van der Waals surface area contributed by atoms with E-state index in [4.69, 9.17) is 23.4 Å². The fourth-order valence-electron chi connectivity index (χ4n) is 8.24. The van der Waals surface area contributed by atoms with Crippen LogP contribution in [-0.2, 0) is 23.8 Å². The molecule has 2 aromatic heterocycles. The largest absolute Gasteiger partial charge is 0.482 e. The minimum Gasteiger partial charge on any atom is -0.482 e. The van der Waals surface area contributed by atoms with Gasteiger partial charge in [-0.25, -0.2) is 9.59 Å². The van der Waals surface area contributed by atoms with Crippen molar-refractivity contribution in [3.8, 4) is 17.1 Å². The van der Waals surface area contributed by atoms with Gasteiger partial charge in [-0.05, 0) is 56.1 Å². The Morgan fingerprint density at radius 2 is 1.89 bits per heavy atom. The van der Waals surface area contributed by atoms with Crippen LogP contribution in [-0.4, -0.2) is 59.1 Å². The van der Waals surface area contributed by atoms with E-state index in [0.29, 0.717) is 31.4 Å². The number of carbonyl (C=O) groups excluding carboxylic acids is 3. The first-order chi connectivity index (χ1) is 21.2. The van der Waals surface area contributed by atoms with Crippen LogP contribution in [0, 0.1) is 22.7 Å². The molecule has 0 unspecified atom stereocenters. The highest BCUT2D eigenvalue weighted by Crippen LogP contribution is 2.67. The van der Waals surface area contributed by atoms with Gasteiger partial charge < -0.3 is 33.8 Å². The molecule has 3 heterocycles. The second-order valence-corrected chi connectivity index (χ2v) is 13.2. The van der Waals surface area contributed by atoms with Gasteiger partial charge in [0.25, 0.3) is 0 Å². The number of rotatable bonds is 7. The summed E-state index contributed by atoms with van der Waals surface area (Å²) in [5.41, 5.74) is -3.20. The number of aromatic nitrogens is 1. The molecular formula is C33H42N2O10. The van der Waals surface area contributed by atoms with Crippen molar-refractivity contribution in [3.63, 3.8) is 0 Å². The summed E-state index contributed by atoms with van der Waals surface area (Å²) >= 11 is 0. The molecule has 0 spiro atoms. The molecule has 2 aromatic rings. The van der Waals surface area contributed by atoms with Crippen molar-refractivity contribution in [2.24, 2.45) is 22.7 Å². The molecule has 3 aliphatic rings. The first kappa shape index (κ1) is 32.5. The van der Waals surface area contributed by atoms with Crippen LogP contribution in [0.15, 0.2) is 39.8 Å². The van der Waals surface area contributed by atoms with Gasteiger partial charge in [0.05, 0.1) is 6.10 Å². The van der Waals surface area contributed by atoms with Crippen LogP contribution < -0.4 is 15.7 Å². The predicted octanol–water partition coefficient (Wildman–Crippen LogP) is 4.33. The quantitative estimate of drug-likeness (QED) is 0.332. The summed E-state index contributed by atoms with van der Waals surface area (Å²) in [7, 11) is 0. The second kappa shape index (κ2) is 12.1. The predicted molar refractivity (Wildman–Crippen MR) is 160 cm³/mol. The van der Waals surface area contributed by atoms with Crippen molar-refractivity contribution in [2.75, 3.05) is 13.2 Å². The maximum Gasteiger partial charge on any atom is 0.407 e. The third-order valence-electron chi connectivity index (χ3n) is 10.2. The number of ether oxygens (including phenoxy) is 4. The smallest absolute Gasteiger partial charge is 0.407 e. The van der Waals surface area contributed by atoms with E-state index in [1.807, 2.05) is 20.8 Å². The van der Waals surface area contributed by atoms with Crippen LogP contribution in [0.5, 0.6) is 5.75 Å². The van der Waals surface area contributed by atoms with E-state index in [9.17, 15) is 24.3 Å². The van der Waals surface area contributed by atoms with Crippen molar-refractivity contribution in [1.29, 1.82) is 0 Å². The van der Waals surface area contributed by atoms with E-state index in [1.54, 1.807) is 37.5 Å². The summed E-state index contributed by atoms with van der Waals surface area (Å²) in [5, 5.41) is 14.9. The molecule has 2 N–H and O–H groups in total. The fraction of sp³-hybridized carbons (Fsp3) is 0.606. The molecule has 1 amide bonds. The van der Waals surface area contributed by atoms with Crippen molar-refractivity contribution in [3.05, 3.63) is 46.6 Å². The molecule has 12 heteroatoms. The number of carbonyl (C=O) groups is 3. The van der Waals surface area contributed by atoms with Gasteiger partial charge in [0, 0.05) is 55.7 Å². The van der Waals surface area contributed by atoms with E-state index in [0.717, 1.165) is 0 Å². The average molecular weight is 627 g/mol. The van der Waals surface area contributed by atoms with Crippen molar-refractivity contribution in [1.82, 2.24) is 10.3 Å². The van der Waals surface area contributed by atoms with Gasteiger partial charge >= 0.3 is 23.7 Å². The summed E-state index contributed by atoms with van der Waals surface area (Å²) in [4.78, 5) is 54.9. The molecule has 0 radical (unpaired) electrons. The molecule has 0 bridgehead atoms. The van der Waals surface area contributed by atoms with E-state index >= 15 is 0 Å². The number of pyridine rings is 1. The summed E-state index contributed by atoms with van der Waals surface area (Å²) in [6, 6.07) is 5.01. The summed E-state index contributed by atoms with van der Waals surface area (Å²) in [6.07, 6.45) is 1.44. The van der Waals surface area contributed by atoms with Crippen LogP contribution >= 0.6 is 0 Å². The Hall–Kier alpha value is -3.93. The Bertz CT molecular complexity index is 1510. The minimum atomic E-state index is -1.36. The molecule has 8 atom stereocenters. The number of nitrogens with zero attached hydrogens (tertiary/aromatic N) is 1. The highest BCUT2D eigenvalue weighted by molar-refractivity contribution is 5.68. The number of amides is 1. The van der Waals surface area contributed by atoms with Crippen LogP contribution in [0.2, 0.25) is 0 Å². The monoisotopic (exact) mass is 626 g/mol. The van der Waals surface area contributed by atoms with Gasteiger partial charge in [0.2, 0.25) is 0 Å². The molecule has 0 saturated heterocycles. The van der Waals surface area contributed by atoms with Crippen LogP contribution in [0.4, 0.5) is 4.79 Å². The molecule has 1 aliphatic heterocycles. The summed E-state index contributed by atoms with van der Waals surface area (Å²) in [5.74, 6) is -1.79. The molecule has 45 heavy (non-hydrogen) atoms. The Balaban J connectivity index is 1.66. The van der Waals surface area contributed by atoms with Gasteiger partial charge in [-0.15, -0.1) is 0 Å². The summed E-state index contributed by atoms with van der Waals surface area (Å²) in [6.45, 7) is 10.6. The normalized spacial score (nSPS) is 33.4. The molecule has 2 fully saturated rings. The van der Waals surface area contributed by atoms with Gasteiger partial charge in [-0.1, -0.05) is 20.8 Å². The molecular weight excluding hydrogens is 584 g/mol. The number of hydrogen-bond donors (Lipinski definition) is 2. The first-order valence-corrected chi connectivity index (χ1v) is 15.4. The number of nitrogens with one attached hydrogen (secondary N) is 1. The lowest BCUT2D eigenvalue weighted by molar-refractivity contribution is -0.266. The van der Waals surface area contributed by atoms with Crippen molar-refractivity contribution in [2.45, 2.75) is 91.1 Å². The SMILES string of the molecule is CCCNC(=O)O[C@H]1C[C@H]2[C@](C)(COC(C)=O)[C@@H](OC(C)=O)CC[C@]2(C)[C@H]2[C@@H](O)c3c(cc(-c4cccnc4)oc3=O)O[C@]12C. The minimum absolute atomic E-state index is 0.0232. The molecule has 2 aliphatic carbocycles. The lowest BCUT2D eigenvalue weighted by Crippen LogP contribution is -2.71. The zero-order valence-corrected chi connectivity index (χ0v) is 26.6. The number of fused-ring (bicyclic) bond motifs is 4. The van der Waals surface area contributed by atoms with Crippen LogP contribution in [0.3, 0.4) is 0 Å². The number of alkyl carbamates (subject to hydrolysis) is 1. The van der Waals surface area contributed by atoms with Crippen LogP contribution in [0.25, 0.3) is 11.3 Å². The van der Waals surface area contributed by atoms with Crippen LogP contribution in [0.1, 0.15) is 78.9 Å². The molecule has 0 aromatic carbocycles. The molecule has 5 rings (SSSR count). The Morgan fingerprint density at radius 1 is 1.13 bits per heavy atom. The maximum absolute atomic E-state index is 13.5. The van der Waals surface area contributed by atoms with E-state index in [1.165, 1.54) is 13.8 Å². The highest BCUT2D eigenvalue weighted by atomic mass is 16.6. The van der Waals surface area contributed by atoms with Gasteiger partial charge in [0.15, 0.2) is 0 Å². The zero-order valence-electron chi connectivity index (χ0n) is 26.6. The third kappa shape index (κ3) is 5.69. The van der Waals surface area contributed by atoms with Gasteiger partial charge in [-0.2, -0.15) is 0 Å². The zero-order chi connectivity index (χ0) is 32.7. The third-order valence-corrected chi connectivity index (χ3v) is 10.2. The van der Waals surface area contributed by atoms with Gasteiger partial charge in [-0.3, -0.25) is 14.6 Å². The van der Waals surface area contributed by atoms with E-state index in [-0.39, 0.29) is 30.1 Å². The molecule has 244 valence electrons. The Morgan fingerprint density at radius 3 is 2.53 bits per heavy atom. The second-order valence-electron chi connectivity index (χ2n) is 13.2. The lowest BCUT2D eigenvalue weighted by Gasteiger charge is -2.66. The summed E-state index contributed by atoms with van der Waals surface area (Å²) < 4.78 is 29.8. The van der Waals surface area contributed by atoms with E-state index in [2.05, 4.69) is 10.3 Å². The average Bonchev–Trinajstić information content (AvgIpc) is 2.97. The maximum atomic E-state index is 13.5. The van der Waals surface area contributed by atoms with Gasteiger partial charge in [0.1, 0.15) is 41.5 Å². The Kier molecular flexibility index (Phi) is 8.74. The Labute approximate surface area is 261 Å². The fourth-order valence-corrected chi connectivity index (χ4v) is 8.24. The number of esters is 2. The first-order valence-electron chi connectivity index (χ1n) is 15.4. The number of aliphatic hydroxyl groups excluding tert-OH is 1. The molecule has 2 saturated carbocycles. The lowest BCUT2D eigenvalue weighted by atomic mass is 9.42. The number of hydrogen-bond acceptors (Lipinski definition) is 11. The van der Waals surface area contributed by atoms with Crippen molar-refractivity contribution < 1.29 is 42.9 Å². The van der Waals surface area contributed by atoms with Crippen molar-refractivity contribution >= 4 is 18.0 Å². The van der Waals surface area contributed by atoms with E-state index < -0.39 is 70.2 Å². The standard InChI is InChI=1S/C33H42N2O10/c1-7-12-35-30(40)44-25-15-23-31(4,11-10-24(42-19(3)37)32(23,5)17-41-18(2)36)28-27(38)26-22(45-33(25,28)6)14-21(43-29(26)39)20-9-8-13-34-16-20/h8-9,13-14,16,23-25,27-28,38H,7,10-12,15,17H2,1-6H3,(H,35,40)/t23-,24+,25+,27+,28-,31+,32+,33-/m1/s1. The highest BCUT2D eigenvalue weighted by Gasteiger charge is 2.71. The molecule has 12 nitrogen and oxygen atoms in total. The number of aliphatic hydroxyl groups is 1. The topological polar surface area (TPSA) is 163 Å².